The van der Waals surface area contributed by atoms with Crippen LogP contribution < -0.4 is 10.9 Å². The maximum absolute atomic E-state index is 13.1. The van der Waals surface area contributed by atoms with Crippen molar-refractivity contribution in [2.75, 3.05) is 39.0 Å². The molecule has 0 spiro atoms. The van der Waals surface area contributed by atoms with Crippen LogP contribution in [0.2, 0.25) is 0 Å². The van der Waals surface area contributed by atoms with Gasteiger partial charge in [-0.2, -0.15) is 5.10 Å². The molecular formula is C32H36N6O3S. The number of aromatic nitrogens is 2. The average molecular weight is 585 g/mol. The van der Waals surface area contributed by atoms with E-state index in [4.69, 9.17) is 4.99 Å². The number of rotatable bonds is 8. The molecule has 1 aliphatic heterocycles. The molecule has 1 aliphatic rings. The second-order valence-corrected chi connectivity index (χ2v) is 11.8. The summed E-state index contributed by atoms with van der Waals surface area (Å²) in [5.74, 6) is -0.123. The standard InChI is InChI=1S/C32H36N6O3S/c1-5-20(2)26(16-22-18-37(3)13-14-38(22)4)33-28-17-27(35-36-31(28)40)23-10-8-11-25(24(23)19-39)34-32(41)30-15-21-9-6-7-12-29(21)42-30/h6-12,15-17,20,39H,5,13-14,18-19H2,1-4H3,(H,34,41)(H,36,40)/b22-16+,33-26?. The van der Waals surface area contributed by atoms with Crippen molar-refractivity contribution >= 4 is 44.4 Å². The van der Waals surface area contributed by atoms with Crippen molar-refractivity contribution < 1.29 is 9.90 Å². The first-order valence-electron chi connectivity index (χ1n) is 14.1. The van der Waals surface area contributed by atoms with E-state index < -0.39 is 5.56 Å². The van der Waals surface area contributed by atoms with E-state index in [1.54, 1.807) is 24.3 Å². The average Bonchev–Trinajstić information content (AvgIpc) is 3.44. The van der Waals surface area contributed by atoms with E-state index >= 15 is 0 Å². The van der Waals surface area contributed by atoms with Crippen molar-refractivity contribution in [1.82, 2.24) is 20.0 Å². The Morgan fingerprint density at radius 2 is 2.00 bits per heavy atom. The summed E-state index contributed by atoms with van der Waals surface area (Å²) in [7, 11) is 4.17. The van der Waals surface area contributed by atoms with E-state index in [2.05, 4.69) is 59.3 Å². The van der Waals surface area contributed by atoms with Crippen LogP contribution in [0, 0.1) is 5.92 Å². The summed E-state index contributed by atoms with van der Waals surface area (Å²) in [6.45, 7) is 6.60. The first-order valence-corrected chi connectivity index (χ1v) is 14.9. The zero-order valence-electron chi connectivity index (χ0n) is 24.3. The number of allylic oxidation sites excluding steroid dienone is 1. The Kier molecular flexibility index (Phi) is 8.96. The highest BCUT2D eigenvalue weighted by Crippen LogP contribution is 2.31. The normalized spacial score (nSPS) is 16.3. The molecule has 10 heteroatoms. The van der Waals surface area contributed by atoms with Crippen molar-refractivity contribution in [3.8, 4) is 11.3 Å². The molecule has 1 saturated heterocycles. The zero-order chi connectivity index (χ0) is 29.8. The number of amides is 1. The van der Waals surface area contributed by atoms with Crippen LogP contribution in [-0.4, -0.2) is 70.5 Å². The molecule has 0 aliphatic carbocycles. The summed E-state index contributed by atoms with van der Waals surface area (Å²) in [6, 6.07) is 16.7. The third kappa shape index (κ3) is 6.35. The highest BCUT2D eigenvalue weighted by molar-refractivity contribution is 7.20. The van der Waals surface area contributed by atoms with Crippen LogP contribution in [0.1, 0.15) is 35.5 Å². The molecule has 1 amide bonds. The largest absolute Gasteiger partial charge is 0.392 e. The number of carbonyl (C=O) groups excluding carboxylic acids is 1. The van der Waals surface area contributed by atoms with Crippen LogP contribution in [0.5, 0.6) is 0 Å². The summed E-state index contributed by atoms with van der Waals surface area (Å²) < 4.78 is 1.03. The van der Waals surface area contributed by atoms with Gasteiger partial charge in [-0.25, -0.2) is 10.1 Å². The van der Waals surface area contributed by atoms with Gasteiger partial charge in [0.15, 0.2) is 0 Å². The van der Waals surface area contributed by atoms with E-state index in [-0.39, 0.29) is 24.1 Å². The Morgan fingerprint density at radius 3 is 2.76 bits per heavy atom. The predicted octanol–water partition coefficient (Wildman–Crippen LogP) is 5.28. The number of anilines is 1. The molecular weight excluding hydrogens is 548 g/mol. The fourth-order valence-corrected chi connectivity index (χ4v) is 5.87. The number of hydrogen-bond donors (Lipinski definition) is 3. The Hall–Kier alpha value is -4.12. The van der Waals surface area contributed by atoms with Gasteiger partial charge >= 0.3 is 0 Å². The number of aliphatic hydroxyl groups excluding tert-OH is 1. The minimum absolute atomic E-state index is 0.134. The van der Waals surface area contributed by atoms with Gasteiger partial charge in [-0.1, -0.05) is 44.2 Å². The van der Waals surface area contributed by atoms with E-state index in [0.717, 1.165) is 47.5 Å². The van der Waals surface area contributed by atoms with Crippen molar-refractivity contribution in [2.24, 2.45) is 10.9 Å². The summed E-state index contributed by atoms with van der Waals surface area (Å²) in [4.78, 5) is 35.9. The number of likely N-dealkylation sites (N-methyl/N-ethyl adjacent to an activating group) is 2. The zero-order valence-corrected chi connectivity index (χ0v) is 25.2. The van der Waals surface area contributed by atoms with Gasteiger partial charge in [-0.05, 0) is 55.1 Å². The Morgan fingerprint density at radius 1 is 1.19 bits per heavy atom. The van der Waals surface area contributed by atoms with Crippen molar-refractivity contribution in [2.45, 2.75) is 26.9 Å². The third-order valence-electron chi connectivity index (χ3n) is 7.71. The van der Waals surface area contributed by atoms with Gasteiger partial charge in [0.2, 0.25) is 0 Å². The topological polar surface area (TPSA) is 114 Å². The highest BCUT2D eigenvalue weighted by atomic mass is 32.1. The molecule has 4 aromatic rings. The van der Waals surface area contributed by atoms with Crippen LogP contribution in [-0.2, 0) is 6.61 Å². The van der Waals surface area contributed by atoms with Crippen LogP contribution in [0.15, 0.2) is 76.2 Å². The second kappa shape index (κ2) is 12.8. The first kappa shape index (κ1) is 29.4. The number of aliphatic imine (C=N–C) groups is 1. The number of benzene rings is 2. The maximum atomic E-state index is 13.1. The van der Waals surface area contributed by atoms with Gasteiger partial charge in [0.25, 0.3) is 11.5 Å². The van der Waals surface area contributed by atoms with Crippen molar-refractivity contribution in [3.05, 3.63) is 87.2 Å². The molecule has 2 aromatic heterocycles. The van der Waals surface area contributed by atoms with Gasteiger partial charge in [-0.3, -0.25) is 14.5 Å². The number of carbonyl (C=O) groups is 1. The number of nitrogens with zero attached hydrogens (tertiary/aromatic N) is 4. The number of piperazine rings is 1. The lowest BCUT2D eigenvalue weighted by Crippen LogP contribution is -2.41. The van der Waals surface area contributed by atoms with Gasteiger partial charge < -0.3 is 15.3 Å². The molecule has 0 saturated carbocycles. The Labute approximate surface area is 249 Å². The molecule has 0 radical (unpaired) electrons. The third-order valence-corrected chi connectivity index (χ3v) is 8.83. The van der Waals surface area contributed by atoms with E-state index in [1.165, 1.54) is 11.3 Å². The lowest BCUT2D eigenvalue weighted by Gasteiger charge is -2.34. The fourth-order valence-electron chi connectivity index (χ4n) is 4.91. The highest BCUT2D eigenvalue weighted by Gasteiger charge is 2.19. The Balaban J connectivity index is 1.49. The van der Waals surface area contributed by atoms with Crippen molar-refractivity contribution in [3.63, 3.8) is 0 Å². The molecule has 0 bridgehead atoms. The van der Waals surface area contributed by atoms with Crippen LogP contribution >= 0.6 is 11.3 Å². The lowest BCUT2D eigenvalue weighted by atomic mass is 10.0. The minimum Gasteiger partial charge on any atom is -0.392 e. The smallest absolute Gasteiger partial charge is 0.290 e. The molecule has 3 N–H and O–H groups in total. The molecule has 9 nitrogen and oxygen atoms in total. The maximum Gasteiger partial charge on any atom is 0.290 e. The van der Waals surface area contributed by atoms with Crippen molar-refractivity contribution in [1.29, 1.82) is 0 Å². The molecule has 1 unspecified atom stereocenters. The predicted molar refractivity (Wildman–Crippen MR) is 171 cm³/mol. The molecule has 1 atom stereocenters. The molecule has 3 heterocycles. The number of thiophene rings is 1. The minimum atomic E-state index is -0.396. The van der Waals surface area contributed by atoms with Gasteiger partial charge in [0, 0.05) is 59.6 Å². The number of aromatic amines is 1. The van der Waals surface area contributed by atoms with Crippen LogP contribution in [0.4, 0.5) is 11.4 Å². The monoisotopic (exact) mass is 584 g/mol. The van der Waals surface area contributed by atoms with Crippen LogP contribution in [0.3, 0.4) is 0 Å². The van der Waals surface area contributed by atoms with Gasteiger partial charge in [-0.15, -0.1) is 11.3 Å². The SMILES string of the molecule is CCC(C)C(/C=C1\CN(C)CCN1C)=Nc1cc(-c2cccc(NC(=O)c3cc4ccccc4s3)c2CO)n[nH]c1=O. The molecule has 1 fully saturated rings. The summed E-state index contributed by atoms with van der Waals surface area (Å²) in [5.41, 5.74) is 3.83. The Bertz CT molecular complexity index is 1690. The van der Waals surface area contributed by atoms with Gasteiger partial charge in [0.05, 0.1) is 17.2 Å². The van der Waals surface area contributed by atoms with E-state index in [1.807, 2.05) is 30.3 Å². The van der Waals surface area contributed by atoms with E-state index in [0.29, 0.717) is 27.4 Å². The van der Waals surface area contributed by atoms with E-state index in [9.17, 15) is 14.7 Å². The lowest BCUT2D eigenvalue weighted by molar-refractivity contribution is 0.103. The number of aliphatic hydroxyl groups is 1. The molecule has 218 valence electrons. The fraction of sp³-hybridized carbons (Fsp3) is 0.312. The molecule has 42 heavy (non-hydrogen) atoms. The molecule has 5 rings (SSSR count). The first-order chi connectivity index (χ1) is 20.3. The number of nitrogens with one attached hydrogen (secondary N) is 2. The summed E-state index contributed by atoms with van der Waals surface area (Å²) in [6.07, 6.45) is 2.96. The summed E-state index contributed by atoms with van der Waals surface area (Å²) in [5, 5.41) is 21.2. The quantitative estimate of drug-likeness (QED) is 0.243. The van der Waals surface area contributed by atoms with Gasteiger partial charge in [0.1, 0.15) is 5.69 Å². The number of fused-ring (bicyclic) bond motifs is 1. The summed E-state index contributed by atoms with van der Waals surface area (Å²) >= 11 is 1.41. The molecule has 2 aromatic carbocycles. The number of hydrogen-bond acceptors (Lipinski definition) is 8. The second-order valence-electron chi connectivity index (χ2n) is 10.7. The number of H-pyrrole nitrogens is 1. The van der Waals surface area contributed by atoms with Crippen LogP contribution in [0.25, 0.3) is 21.3 Å².